The molecule has 0 saturated heterocycles. The largest absolute Gasteiger partial charge is 0.466 e. The van der Waals surface area contributed by atoms with Gasteiger partial charge >= 0.3 is 11.9 Å². The van der Waals surface area contributed by atoms with Crippen molar-refractivity contribution >= 4 is 11.9 Å². The fourth-order valence-corrected chi connectivity index (χ4v) is 2.47. The Hall–Kier alpha value is -1.88. The Balaban J connectivity index is 2.43. The Kier molecular flexibility index (Phi) is 10.5. The van der Waals surface area contributed by atoms with Crippen molar-refractivity contribution in [1.82, 2.24) is 4.90 Å². The number of benzene rings is 1. The third-order valence-electron chi connectivity index (χ3n) is 3.57. The van der Waals surface area contributed by atoms with Gasteiger partial charge in [0.15, 0.2) is 0 Å². The van der Waals surface area contributed by atoms with Crippen LogP contribution in [0.25, 0.3) is 0 Å². The first-order valence-corrected chi connectivity index (χ1v) is 8.73. The van der Waals surface area contributed by atoms with E-state index in [1.54, 1.807) is 0 Å². The van der Waals surface area contributed by atoms with Crippen LogP contribution in [0, 0.1) is 0 Å². The van der Waals surface area contributed by atoms with Gasteiger partial charge in [-0.2, -0.15) is 0 Å². The second-order valence-corrected chi connectivity index (χ2v) is 5.58. The lowest BCUT2D eigenvalue weighted by molar-refractivity contribution is -0.144. The maximum Gasteiger partial charge on any atom is 0.305 e. The highest BCUT2D eigenvalue weighted by Crippen LogP contribution is 2.08. The third-order valence-corrected chi connectivity index (χ3v) is 3.57. The second kappa shape index (κ2) is 12.5. The van der Waals surface area contributed by atoms with Gasteiger partial charge in [-0.05, 0) is 45.3 Å². The number of hydrogen-bond donors (Lipinski definition) is 0. The highest BCUT2D eigenvalue weighted by molar-refractivity contribution is 5.69. The van der Waals surface area contributed by atoms with Crippen LogP contribution in [-0.2, 0) is 25.6 Å². The molecule has 0 fully saturated rings. The van der Waals surface area contributed by atoms with Gasteiger partial charge in [0.25, 0.3) is 0 Å². The first-order valence-electron chi connectivity index (χ1n) is 8.73. The molecular formula is C19H29NO4. The van der Waals surface area contributed by atoms with E-state index in [-0.39, 0.29) is 11.9 Å². The lowest BCUT2D eigenvalue weighted by atomic mass is 10.2. The predicted octanol–water partition coefficient (Wildman–Crippen LogP) is 3.18. The van der Waals surface area contributed by atoms with Crippen LogP contribution in [-0.4, -0.2) is 43.1 Å². The molecule has 0 aliphatic rings. The molecule has 0 aromatic heterocycles. The molecule has 0 saturated carbocycles. The fourth-order valence-electron chi connectivity index (χ4n) is 2.47. The number of rotatable bonds is 12. The number of nitrogens with zero attached hydrogens (tertiary/aromatic N) is 1. The zero-order valence-electron chi connectivity index (χ0n) is 14.8. The molecule has 0 unspecified atom stereocenters. The summed E-state index contributed by atoms with van der Waals surface area (Å²) in [5.41, 5.74) is 1.23. The maximum absolute atomic E-state index is 11.5. The zero-order chi connectivity index (χ0) is 17.6. The van der Waals surface area contributed by atoms with Crippen molar-refractivity contribution < 1.29 is 19.1 Å². The molecule has 5 nitrogen and oxygen atoms in total. The first kappa shape index (κ1) is 20.2. The summed E-state index contributed by atoms with van der Waals surface area (Å²) in [5, 5.41) is 0. The van der Waals surface area contributed by atoms with Crippen LogP contribution in [0.1, 0.15) is 45.1 Å². The van der Waals surface area contributed by atoms with Crippen LogP contribution in [0.5, 0.6) is 0 Å². The van der Waals surface area contributed by atoms with Crippen LogP contribution in [0.15, 0.2) is 30.3 Å². The Morgan fingerprint density at radius 1 is 0.875 bits per heavy atom. The minimum atomic E-state index is -0.149. The Bertz CT molecular complexity index is 452. The van der Waals surface area contributed by atoms with E-state index in [2.05, 4.69) is 17.0 Å². The molecule has 1 aromatic carbocycles. The number of carbonyl (C=O) groups excluding carboxylic acids is 2. The SMILES string of the molecule is CCOC(=O)CCCN(CCCC(=O)OCC)Cc1ccccc1. The predicted molar refractivity (Wildman–Crippen MR) is 93.5 cm³/mol. The minimum Gasteiger partial charge on any atom is -0.466 e. The van der Waals surface area contributed by atoms with Crippen molar-refractivity contribution in [2.75, 3.05) is 26.3 Å². The fraction of sp³-hybridized carbons (Fsp3) is 0.579. The van der Waals surface area contributed by atoms with Crippen molar-refractivity contribution in [3.05, 3.63) is 35.9 Å². The molecule has 0 aliphatic heterocycles. The van der Waals surface area contributed by atoms with E-state index >= 15 is 0 Å². The van der Waals surface area contributed by atoms with Gasteiger partial charge in [-0.3, -0.25) is 14.5 Å². The van der Waals surface area contributed by atoms with Crippen LogP contribution in [0.3, 0.4) is 0 Å². The van der Waals surface area contributed by atoms with Crippen LogP contribution < -0.4 is 0 Å². The monoisotopic (exact) mass is 335 g/mol. The summed E-state index contributed by atoms with van der Waals surface area (Å²) in [4.78, 5) is 25.2. The van der Waals surface area contributed by atoms with Crippen molar-refractivity contribution in [2.24, 2.45) is 0 Å². The van der Waals surface area contributed by atoms with Gasteiger partial charge in [-0.25, -0.2) is 0 Å². The van der Waals surface area contributed by atoms with Gasteiger partial charge in [-0.1, -0.05) is 30.3 Å². The molecule has 0 heterocycles. The Labute approximate surface area is 144 Å². The topological polar surface area (TPSA) is 55.8 Å². The normalized spacial score (nSPS) is 10.6. The van der Waals surface area contributed by atoms with Crippen molar-refractivity contribution in [2.45, 2.75) is 46.1 Å². The number of hydrogen-bond acceptors (Lipinski definition) is 5. The highest BCUT2D eigenvalue weighted by atomic mass is 16.5. The van der Waals surface area contributed by atoms with Gasteiger partial charge in [0.1, 0.15) is 0 Å². The van der Waals surface area contributed by atoms with Crippen LogP contribution in [0.2, 0.25) is 0 Å². The van der Waals surface area contributed by atoms with E-state index < -0.39 is 0 Å². The van der Waals surface area contributed by atoms with E-state index in [0.29, 0.717) is 26.1 Å². The van der Waals surface area contributed by atoms with Crippen molar-refractivity contribution in [3.8, 4) is 0 Å². The maximum atomic E-state index is 11.5. The van der Waals surface area contributed by atoms with E-state index in [1.807, 2.05) is 32.0 Å². The van der Waals surface area contributed by atoms with Crippen molar-refractivity contribution in [1.29, 1.82) is 0 Å². The van der Waals surface area contributed by atoms with Gasteiger partial charge in [-0.15, -0.1) is 0 Å². The van der Waals surface area contributed by atoms with E-state index in [9.17, 15) is 9.59 Å². The molecule has 0 amide bonds. The Morgan fingerprint density at radius 3 is 1.83 bits per heavy atom. The lowest BCUT2D eigenvalue weighted by Gasteiger charge is -2.22. The second-order valence-electron chi connectivity index (χ2n) is 5.58. The molecule has 0 N–H and O–H groups in total. The molecule has 24 heavy (non-hydrogen) atoms. The molecule has 1 aromatic rings. The van der Waals surface area contributed by atoms with Gasteiger partial charge in [0.05, 0.1) is 13.2 Å². The summed E-state index contributed by atoms with van der Waals surface area (Å²) in [6, 6.07) is 10.2. The van der Waals surface area contributed by atoms with Crippen molar-refractivity contribution in [3.63, 3.8) is 0 Å². The summed E-state index contributed by atoms with van der Waals surface area (Å²) >= 11 is 0. The van der Waals surface area contributed by atoms with E-state index in [1.165, 1.54) is 5.56 Å². The molecule has 0 atom stereocenters. The summed E-state index contributed by atoms with van der Waals surface area (Å²) in [6.07, 6.45) is 2.37. The quantitative estimate of drug-likeness (QED) is 0.549. The molecule has 5 heteroatoms. The highest BCUT2D eigenvalue weighted by Gasteiger charge is 2.10. The summed E-state index contributed by atoms with van der Waals surface area (Å²) in [6.45, 7) is 6.89. The molecule has 134 valence electrons. The minimum absolute atomic E-state index is 0.149. The molecule has 0 spiro atoms. The van der Waals surface area contributed by atoms with Crippen LogP contribution in [0.4, 0.5) is 0 Å². The molecule has 0 aliphatic carbocycles. The molecule has 0 radical (unpaired) electrons. The average molecular weight is 335 g/mol. The summed E-state index contributed by atoms with van der Waals surface area (Å²) in [5.74, 6) is -0.299. The Morgan fingerprint density at radius 2 is 1.38 bits per heavy atom. The standard InChI is InChI=1S/C19H29NO4/c1-3-23-18(21)12-8-14-20(15-9-13-19(22)24-4-2)16-17-10-6-5-7-11-17/h5-7,10-11H,3-4,8-9,12-16H2,1-2H3. The lowest BCUT2D eigenvalue weighted by Crippen LogP contribution is -2.27. The van der Waals surface area contributed by atoms with Gasteiger partial charge in [0, 0.05) is 19.4 Å². The summed E-state index contributed by atoms with van der Waals surface area (Å²) in [7, 11) is 0. The average Bonchev–Trinajstić information content (AvgIpc) is 2.56. The molecular weight excluding hydrogens is 306 g/mol. The smallest absolute Gasteiger partial charge is 0.305 e. The van der Waals surface area contributed by atoms with Gasteiger partial charge in [0.2, 0.25) is 0 Å². The first-order chi connectivity index (χ1) is 11.7. The van der Waals surface area contributed by atoms with Gasteiger partial charge < -0.3 is 9.47 Å². The number of carbonyl (C=O) groups is 2. The molecule has 0 bridgehead atoms. The number of ether oxygens (including phenoxy) is 2. The van der Waals surface area contributed by atoms with Crippen LogP contribution >= 0.6 is 0 Å². The molecule has 1 rings (SSSR count). The third kappa shape index (κ3) is 9.30. The number of esters is 2. The van der Waals surface area contributed by atoms with E-state index in [0.717, 1.165) is 32.5 Å². The van der Waals surface area contributed by atoms with E-state index in [4.69, 9.17) is 9.47 Å². The zero-order valence-corrected chi connectivity index (χ0v) is 14.8. The summed E-state index contributed by atoms with van der Waals surface area (Å²) < 4.78 is 9.93.